The highest BCUT2D eigenvalue weighted by molar-refractivity contribution is 7.89. The van der Waals surface area contributed by atoms with E-state index < -0.39 is 10.0 Å². The van der Waals surface area contributed by atoms with Crippen LogP contribution in [0, 0.1) is 0 Å². The first kappa shape index (κ1) is 15.1. The van der Waals surface area contributed by atoms with E-state index in [1.807, 2.05) is 19.9 Å². The van der Waals surface area contributed by atoms with E-state index >= 15 is 0 Å². The van der Waals surface area contributed by atoms with Crippen molar-refractivity contribution in [2.75, 3.05) is 20.3 Å². The lowest BCUT2D eigenvalue weighted by atomic mass is 10.3. The minimum Gasteiger partial charge on any atom is -0.383 e. The number of nitrogens with zero attached hydrogens (tertiary/aromatic N) is 1. The van der Waals surface area contributed by atoms with Crippen LogP contribution in [0.5, 0.6) is 0 Å². The summed E-state index contributed by atoms with van der Waals surface area (Å²) >= 11 is 0. The highest BCUT2D eigenvalue weighted by Crippen LogP contribution is 2.18. The average Bonchev–Trinajstić information content (AvgIpc) is 2.39. The molecule has 1 aromatic carbocycles. The molecule has 0 aromatic heterocycles. The smallest absolute Gasteiger partial charge is 0.243 e. The van der Waals surface area contributed by atoms with Crippen LogP contribution in [0.25, 0.3) is 0 Å². The second-order valence-corrected chi connectivity index (χ2v) is 6.07. The number of sulfonamides is 1. The number of benzene rings is 1. The molecule has 0 aliphatic carbocycles. The molecule has 0 aliphatic heterocycles. The molecule has 5 heteroatoms. The number of hydrogen-bond acceptors (Lipinski definition) is 3. The van der Waals surface area contributed by atoms with Gasteiger partial charge in [-0.1, -0.05) is 25.1 Å². The lowest BCUT2D eigenvalue weighted by molar-refractivity contribution is 0.167. The minimum absolute atomic E-state index is 0.0367. The summed E-state index contributed by atoms with van der Waals surface area (Å²) in [5.74, 6) is 0. The number of ether oxygens (including phenoxy) is 1. The van der Waals surface area contributed by atoms with Gasteiger partial charge in [-0.3, -0.25) is 0 Å². The van der Waals surface area contributed by atoms with Gasteiger partial charge in [0.25, 0.3) is 0 Å². The summed E-state index contributed by atoms with van der Waals surface area (Å²) in [6.45, 7) is 4.67. The topological polar surface area (TPSA) is 46.6 Å². The molecule has 1 rings (SSSR count). The number of hydrogen-bond donors (Lipinski definition) is 0. The van der Waals surface area contributed by atoms with Crippen molar-refractivity contribution in [2.24, 2.45) is 0 Å². The molecule has 0 spiro atoms. The van der Waals surface area contributed by atoms with E-state index in [1.165, 1.54) is 4.31 Å². The minimum atomic E-state index is -3.43. The first-order valence-electron chi connectivity index (χ1n) is 6.09. The zero-order valence-corrected chi connectivity index (χ0v) is 12.0. The molecule has 18 heavy (non-hydrogen) atoms. The maximum atomic E-state index is 12.5. The average molecular weight is 271 g/mol. The summed E-state index contributed by atoms with van der Waals surface area (Å²) in [6.07, 6.45) is 0.774. The molecule has 4 nitrogen and oxygen atoms in total. The normalized spacial score (nSPS) is 13.8. The molecule has 0 fully saturated rings. The predicted molar refractivity (Wildman–Crippen MR) is 72.0 cm³/mol. The molecule has 0 N–H and O–H groups in total. The third kappa shape index (κ3) is 3.54. The van der Waals surface area contributed by atoms with Gasteiger partial charge in [-0.15, -0.1) is 0 Å². The van der Waals surface area contributed by atoms with E-state index in [2.05, 4.69) is 0 Å². The Balaban J connectivity index is 3.04. The van der Waals surface area contributed by atoms with Gasteiger partial charge in [0, 0.05) is 19.7 Å². The van der Waals surface area contributed by atoms with E-state index in [9.17, 15) is 8.42 Å². The second-order valence-electron chi connectivity index (χ2n) is 4.18. The van der Waals surface area contributed by atoms with E-state index in [4.69, 9.17) is 4.74 Å². The van der Waals surface area contributed by atoms with Crippen molar-refractivity contribution in [3.8, 4) is 0 Å². The third-order valence-corrected chi connectivity index (χ3v) is 4.98. The SMILES string of the molecule is CCC(C)N(CCOC)S(=O)(=O)c1ccccc1. The fraction of sp³-hybridized carbons (Fsp3) is 0.538. The summed E-state index contributed by atoms with van der Waals surface area (Å²) in [5.41, 5.74) is 0. The van der Waals surface area contributed by atoms with Crippen LogP contribution in [0.15, 0.2) is 35.2 Å². The van der Waals surface area contributed by atoms with Crippen LogP contribution in [-0.2, 0) is 14.8 Å². The Bertz CT molecular complexity index is 445. The zero-order valence-electron chi connectivity index (χ0n) is 11.2. The number of methoxy groups -OCH3 is 1. The van der Waals surface area contributed by atoms with Crippen molar-refractivity contribution in [2.45, 2.75) is 31.2 Å². The molecule has 0 saturated heterocycles. The van der Waals surface area contributed by atoms with Gasteiger partial charge in [0.15, 0.2) is 0 Å². The molecular weight excluding hydrogens is 250 g/mol. The van der Waals surface area contributed by atoms with Crippen molar-refractivity contribution in [3.05, 3.63) is 30.3 Å². The first-order valence-corrected chi connectivity index (χ1v) is 7.53. The largest absolute Gasteiger partial charge is 0.383 e. The van der Waals surface area contributed by atoms with Gasteiger partial charge in [0.2, 0.25) is 10.0 Å². The first-order chi connectivity index (χ1) is 8.54. The molecule has 0 saturated carbocycles. The van der Waals surface area contributed by atoms with Crippen molar-refractivity contribution in [1.82, 2.24) is 4.31 Å². The van der Waals surface area contributed by atoms with Crippen molar-refractivity contribution < 1.29 is 13.2 Å². The van der Waals surface area contributed by atoms with Crippen LogP contribution in [-0.4, -0.2) is 39.0 Å². The number of rotatable bonds is 7. The van der Waals surface area contributed by atoms with E-state index in [1.54, 1.807) is 31.4 Å². The highest BCUT2D eigenvalue weighted by atomic mass is 32.2. The Hall–Kier alpha value is -0.910. The molecule has 1 unspecified atom stereocenters. The second kappa shape index (κ2) is 6.87. The lowest BCUT2D eigenvalue weighted by Crippen LogP contribution is -2.40. The van der Waals surface area contributed by atoms with Gasteiger partial charge >= 0.3 is 0 Å². The van der Waals surface area contributed by atoms with Crippen molar-refractivity contribution in [1.29, 1.82) is 0 Å². The van der Waals surface area contributed by atoms with Gasteiger partial charge in [-0.25, -0.2) is 8.42 Å². The van der Waals surface area contributed by atoms with Gasteiger partial charge in [0.1, 0.15) is 0 Å². The van der Waals surface area contributed by atoms with Crippen LogP contribution in [0.2, 0.25) is 0 Å². The quantitative estimate of drug-likeness (QED) is 0.763. The van der Waals surface area contributed by atoms with Crippen LogP contribution >= 0.6 is 0 Å². The van der Waals surface area contributed by atoms with Crippen LogP contribution in [0.4, 0.5) is 0 Å². The Morgan fingerprint density at radius 2 is 1.89 bits per heavy atom. The van der Waals surface area contributed by atoms with Gasteiger partial charge in [-0.2, -0.15) is 4.31 Å². The van der Waals surface area contributed by atoms with Gasteiger partial charge < -0.3 is 4.74 Å². The van der Waals surface area contributed by atoms with Crippen LogP contribution < -0.4 is 0 Å². The molecule has 102 valence electrons. The predicted octanol–water partition coefficient (Wildman–Crippen LogP) is 2.12. The van der Waals surface area contributed by atoms with E-state index in [0.717, 1.165) is 6.42 Å². The molecular formula is C13H21NO3S. The molecule has 0 radical (unpaired) electrons. The molecule has 0 bridgehead atoms. The molecule has 1 atom stereocenters. The van der Waals surface area contributed by atoms with Crippen molar-refractivity contribution in [3.63, 3.8) is 0 Å². The van der Waals surface area contributed by atoms with E-state index in [0.29, 0.717) is 18.0 Å². The monoisotopic (exact) mass is 271 g/mol. The fourth-order valence-corrected chi connectivity index (χ4v) is 3.40. The molecule has 0 aliphatic rings. The maximum absolute atomic E-state index is 12.5. The summed E-state index contributed by atoms with van der Waals surface area (Å²) in [6, 6.07) is 8.48. The summed E-state index contributed by atoms with van der Waals surface area (Å²) in [4.78, 5) is 0.335. The Kier molecular flexibility index (Phi) is 5.78. The summed E-state index contributed by atoms with van der Waals surface area (Å²) in [5, 5.41) is 0. The molecule has 1 aromatic rings. The zero-order chi connectivity index (χ0) is 13.6. The summed E-state index contributed by atoms with van der Waals surface area (Å²) < 4.78 is 31.5. The standard InChI is InChI=1S/C13H21NO3S/c1-4-12(2)14(10-11-17-3)18(15,16)13-8-6-5-7-9-13/h5-9,12H,4,10-11H2,1-3H3. The van der Waals surface area contributed by atoms with Gasteiger partial charge in [-0.05, 0) is 25.5 Å². The van der Waals surface area contributed by atoms with Crippen LogP contribution in [0.1, 0.15) is 20.3 Å². The third-order valence-electron chi connectivity index (χ3n) is 2.95. The van der Waals surface area contributed by atoms with Gasteiger partial charge in [0.05, 0.1) is 11.5 Å². The Morgan fingerprint density at radius 3 is 2.39 bits per heavy atom. The Morgan fingerprint density at radius 1 is 1.28 bits per heavy atom. The van der Waals surface area contributed by atoms with Crippen LogP contribution in [0.3, 0.4) is 0 Å². The lowest BCUT2D eigenvalue weighted by Gasteiger charge is -2.27. The van der Waals surface area contributed by atoms with E-state index in [-0.39, 0.29) is 6.04 Å². The summed E-state index contributed by atoms with van der Waals surface area (Å²) in [7, 11) is -1.86. The molecule has 0 heterocycles. The highest BCUT2D eigenvalue weighted by Gasteiger charge is 2.27. The van der Waals surface area contributed by atoms with Crippen molar-refractivity contribution >= 4 is 10.0 Å². The Labute approximate surface area is 110 Å². The fourth-order valence-electron chi connectivity index (χ4n) is 1.69. The maximum Gasteiger partial charge on any atom is 0.243 e. The molecule has 0 amide bonds.